The zero-order valence-corrected chi connectivity index (χ0v) is 9.61. The average Bonchev–Trinajstić information content (AvgIpc) is 2.58. The molecule has 0 spiro atoms. The number of halogens is 2. The maximum Gasteiger partial charge on any atom is 0.220 e. The van der Waals surface area contributed by atoms with Crippen molar-refractivity contribution in [2.75, 3.05) is 0 Å². The Morgan fingerprint density at radius 3 is 2.87 bits per heavy atom. The lowest BCUT2D eigenvalue weighted by atomic mass is 10.0. The minimum Gasteiger partial charge on any atom is -0.353 e. The molecule has 1 atom stereocenters. The number of rotatable bonds is 2. The van der Waals surface area contributed by atoms with E-state index in [1.807, 2.05) is 6.07 Å². The smallest absolute Gasteiger partial charge is 0.220 e. The number of hydrogen-bond acceptors (Lipinski definition) is 1. The molecule has 0 radical (unpaired) electrons. The second kappa shape index (κ2) is 4.42. The van der Waals surface area contributed by atoms with E-state index in [-0.39, 0.29) is 11.9 Å². The van der Waals surface area contributed by atoms with Crippen molar-refractivity contribution in [2.45, 2.75) is 25.3 Å². The summed E-state index contributed by atoms with van der Waals surface area (Å²) in [6, 6.07) is 5.61. The molecule has 1 saturated heterocycles. The van der Waals surface area contributed by atoms with Gasteiger partial charge in [-0.25, -0.2) is 0 Å². The fourth-order valence-electron chi connectivity index (χ4n) is 1.80. The SMILES string of the molecule is O=C1CCC(Cc2cc(Cl)ccc2Cl)N1. The van der Waals surface area contributed by atoms with Gasteiger partial charge in [-0.15, -0.1) is 0 Å². The van der Waals surface area contributed by atoms with Crippen molar-refractivity contribution in [3.8, 4) is 0 Å². The predicted octanol–water partition coefficient (Wildman–Crippen LogP) is 2.81. The summed E-state index contributed by atoms with van der Waals surface area (Å²) < 4.78 is 0. The molecule has 0 aromatic heterocycles. The van der Waals surface area contributed by atoms with Crippen LogP contribution < -0.4 is 5.32 Å². The van der Waals surface area contributed by atoms with Crippen LogP contribution in [0, 0.1) is 0 Å². The Morgan fingerprint density at radius 1 is 1.40 bits per heavy atom. The van der Waals surface area contributed by atoms with Crippen molar-refractivity contribution in [1.82, 2.24) is 5.32 Å². The van der Waals surface area contributed by atoms with E-state index < -0.39 is 0 Å². The van der Waals surface area contributed by atoms with Crippen LogP contribution in [0.3, 0.4) is 0 Å². The van der Waals surface area contributed by atoms with Gasteiger partial charge in [-0.2, -0.15) is 0 Å². The molecular formula is C11H11Cl2NO. The van der Waals surface area contributed by atoms with Crippen LogP contribution >= 0.6 is 23.2 Å². The second-order valence-corrected chi connectivity index (χ2v) is 4.59. The summed E-state index contributed by atoms with van der Waals surface area (Å²) in [5.74, 6) is 0.123. The molecule has 1 N–H and O–H groups in total. The number of hydrogen-bond donors (Lipinski definition) is 1. The van der Waals surface area contributed by atoms with E-state index in [0.717, 1.165) is 18.4 Å². The number of nitrogens with one attached hydrogen (secondary N) is 1. The first-order chi connectivity index (χ1) is 7.15. The van der Waals surface area contributed by atoms with Crippen molar-refractivity contribution in [3.63, 3.8) is 0 Å². The Hall–Kier alpha value is -0.730. The summed E-state index contributed by atoms with van der Waals surface area (Å²) in [5.41, 5.74) is 0.997. The van der Waals surface area contributed by atoms with Crippen LogP contribution in [-0.4, -0.2) is 11.9 Å². The van der Waals surface area contributed by atoms with Gasteiger partial charge in [-0.05, 0) is 36.6 Å². The van der Waals surface area contributed by atoms with Gasteiger partial charge in [0.2, 0.25) is 5.91 Å². The number of carbonyl (C=O) groups excluding carboxylic acids is 1. The molecule has 1 amide bonds. The van der Waals surface area contributed by atoms with Gasteiger partial charge in [0.25, 0.3) is 0 Å². The lowest BCUT2D eigenvalue weighted by Crippen LogP contribution is -2.27. The van der Waals surface area contributed by atoms with Crippen molar-refractivity contribution in [1.29, 1.82) is 0 Å². The number of amides is 1. The molecule has 4 heteroatoms. The van der Waals surface area contributed by atoms with E-state index in [9.17, 15) is 4.79 Å². The van der Waals surface area contributed by atoms with E-state index in [0.29, 0.717) is 16.5 Å². The van der Waals surface area contributed by atoms with Gasteiger partial charge >= 0.3 is 0 Å². The third-order valence-corrected chi connectivity index (χ3v) is 3.16. The Bertz CT molecular complexity index is 392. The molecule has 0 saturated carbocycles. The molecule has 1 fully saturated rings. The minimum atomic E-state index is 0.123. The molecule has 1 aromatic carbocycles. The van der Waals surface area contributed by atoms with Crippen molar-refractivity contribution >= 4 is 29.1 Å². The summed E-state index contributed by atoms with van der Waals surface area (Å²) in [7, 11) is 0. The van der Waals surface area contributed by atoms with Crippen molar-refractivity contribution in [2.24, 2.45) is 0 Å². The predicted molar refractivity (Wildman–Crippen MR) is 61.3 cm³/mol. The molecule has 1 heterocycles. The van der Waals surface area contributed by atoms with Gasteiger partial charge in [-0.3, -0.25) is 4.79 Å². The molecular weight excluding hydrogens is 233 g/mol. The zero-order valence-electron chi connectivity index (χ0n) is 8.09. The average molecular weight is 244 g/mol. The molecule has 1 aliphatic rings. The van der Waals surface area contributed by atoms with Crippen LogP contribution in [0.5, 0.6) is 0 Å². The number of carbonyl (C=O) groups is 1. The molecule has 2 rings (SSSR count). The summed E-state index contributed by atoms with van der Waals surface area (Å²) >= 11 is 11.9. The summed E-state index contributed by atoms with van der Waals surface area (Å²) in [6.45, 7) is 0. The van der Waals surface area contributed by atoms with Gasteiger partial charge in [-0.1, -0.05) is 23.2 Å². The molecule has 1 aliphatic heterocycles. The Morgan fingerprint density at radius 2 is 2.20 bits per heavy atom. The third kappa shape index (κ3) is 2.64. The Labute approximate surface area is 98.6 Å². The number of benzene rings is 1. The summed E-state index contributed by atoms with van der Waals surface area (Å²) in [6.07, 6.45) is 2.25. The molecule has 80 valence electrons. The zero-order chi connectivity index (χ0) is 10.8. The molecule has 1 unspecified atom stereocenters. The highest BCUT2D eigenvalue weighted by Gasteiger charge is 2.21. The highest BCUT2D eigenvalue weighted by Crippen LogP contribution is 2.23. The van der Waals surface area contributed by atoms with E-state index in [1.165, 1.54) is 0 Å². The molecule has 15 heavy (non-hydrogen) atoms. The van der Waals surface area contributed by atoms with Crippen LogP contribution in [0.25, 0.3) is 0 Å². The first kappa shape index (κ1) is 10.8. The van der Waals surface area contributed by atoms with Gasteiger partial charge < -0.3 is 5.32 Å². The van der Waals surface area contributed by atoms with Crippen LogP contribution in [-0.2, 0) is 11.2 Å². The van der Waals surface area contributed by atoms with Crippen LogP contribution in [0.2, 0.25) is 10.0 Å². The maximum atomic E-state index is 11.0. The molecule has 0 bridgehead atoms. The van der Waals surface area contributed by atoms with E-state index in [1.54, 1.807) is 12.1 Å². The van der Waals surface area contributed by atoms with Gasteiger partial charge in [0.05, 0.1) is 0 Å². The normalized spacial score (nSPS) is 20.4. The van der Waals surface area contributed by atoms with Crippen molar-refractivity contribution < 1.29 is 4.79 Å². The fourth-order valence-corrected chi connectivity index (χ4v) is 2.19. The van der Waals surface area contributed by atoms with E-state index >= 15 is 0 Å². The van der Waals surface area contributed by atoms with Crippen LogP contribution in [0.1, 0.15) is 18.4 Å². The van der Waals surface area contributed by atoms with Crippen molar-refractivity contribution in [3.05, 3.63) is 33.8 Å². The largest absolute Gasteiger partial charge is 0.353 e. The van der Waals surface area contributed by atoms with Gasteiger partial charge in [0, 0.05) is 22.5 Å². The Kier molecular flexibility index (Phi) is 3.17. The van der Waals surface area contributed by atoms with E-state index in [2.05, 4.69) is 5.32 Å². The van der Waals surface area contributed by atoms with Gasteiger partial charge in [0.1, 0.15) is 0 Å². The summed E-state index contributed by atoms with van der Waals surface area (Å²) in [5, 5.41) is 4.30. The van der Waals surface area contributed by atoms with Crippen LogP contribution in [0.4, 0.5) is 0 Å². The topological polar surface area (TPSA) is 29.1 Å². The molecule has 0 aliphatic carbocycles. The quantitative estimate of drug-likeness (QED) is 0.851. The highest BCUT2D eigenvalue weighted by molar-refractivity contribution is 6.33. The first-order valence-electron chi connectivity index (χ1n) is 4.88. The van der Waals surface area contributed by atoms with Crippen LogP contribution in [0.15, 0.2) is 18.2 Å². The third-order valence-electron chi connectivity index (χ3n) is 2.56. The van der Waals surface area contributed by atoms with Gasteiger partial charge in [0.15, 0.2) is 0 Å². The fraction of sp³-hybridized carbons (Fsp3) is 0.364. The standard InChI is InChI=1S/C11H11Cl2NO/c12-8-1-3-10(13)7(5-8)6-9-2-4-11(15)14-9/h1,3,5,9H,2,4,6H2,(H,14,15). The second-order valence-electron chi connectivity index (χ2n) is 3.74. The molecule has 1 aromatic rings. The highest BCUT2D eigenvalue weighted by atomic mass is 35.5. The lowest BCUT2D eigenvalue weighted by molar-refractivity contribution is -0.119. The first-order valence-corrected chi connectivity index (χ1v) is 5.64. The Balaban J connectivity index is 2.10. The van der Waals surface area contributed by atoms with E-state index in [4.69, 9.17) is 23.2 Å². The lowest BCUT2D eigenvalue weighted by Gasteiger charge is -2.11. The summed E-state index contributed by atoms with van der Waals surface area (Å²) in [4.78, 5) is 11.0. The minimum absolute atomic E-state index is 0.123. The molecule has 2 nitrogen and oxygen atoms in total. The monoisotopic (exact) mass is 243 g/mol. The maximum absolute atomic E-state index is 11.0.